The number of nitro groups is 1. The van der Waals surface area contributed by atoms with E-state index in [1.165, 1.54) is 19.2 Å². The van der Waals surface area contributed by atoms with E-state index >= 15 is 0 Å². The normalized spacial score (nSPS) is 11.7. The van der Waals surface area contributed by atoms with Crippen molar-refractivity contribution in [3.05, 3.63) is 28.3 Å². The van der Waals surface area contributed by atoms with E-state index in [2.05, 4.69) is 5.32 Å². The summed E-state index contributed by atoms with van der Waals surface area (Å²) in [5, 5.41) is 13.7. The van der Waals surface area contributed by atoms with Crippen molar-refractivity contribution in [2.45, 2.75) is 12.5 Å². The van der Waals surface area contributed by atoms with Gasteiger partial charge in [0.2, 0.25) is 5.91 Å². The summed E-state index contributed by atoms with van der Waals surface area (Å²) in [6, 6.07) is 3.76. The molecule has 0 aliphatic carbocycles. The van der Waals surface area contributed by atoms with Gasteiger partial charge in [0.05, 0.1) is 30.7 Å². The number of carbonyl (C=O) groups is 1. The highest BCUT2D eigenvalue weighted by Gasteiger charge is 2.18. The average Bonchev–Trinajstić information content (AvgIpc) is 2.43. The van der Waals surface area contributed by atoms with Crippen LogP contribution in [-0.2, 0) is 4.79 Å². The van der Waals surface area contributed by atoms with Crippen LogP contribution in [0.15, 0.2) is 18.2 Å². The standard InChI is InChI=1S/C12H17N3O5/c1-14-9(12(13)16)5-6-20-11-4-3-8(19-2)7-10(11)15(17)18/h3-4,7,9,14H,5-6H2,1-2H3,(H2,13,16). The fourth-order valence-electron chi connectivity index (χ4n) is 1.60. The predicted octanol–water partition coefficient (Wildman–Crippen LogP) is 0.446. The minimum Gasteiger partial charge on any atom is -0.496 e. The monoisotopic (exact) mass is 283 g/mol. The van der Waals surface area contributed by atoms with Crippen LogP contribution in [0.3, 0.4) is 0 Å². The fourth-order valence-corrected chi connectivity index (χ4v) is 1.60. The molecule has 0 saturated carbocycles. The summed E-state index contributed by atoms with van der Waals surface area (Å²) < 4.78 is 10.3. The summed E-state index contributed by atoms with van der Waals surface area (Å²) in [5.74, 6) is -0.00950. The number of primary amides is 1. The van der Waals surface area contributed by atoms with E-state index < -0.39 is 16.9 Å². The van der Waals surface area contributed by atoms with Gasteiger partial charge in [0.25, 0.3) is 0 Å². The van der Waals surface area contributed by atoms with Gasteiger partial charge in [-0.05, 0) is 19.2 Å². The molecule has 20 heavy (non-hydrogen) atoms. The SMILES string of the molecule is CNC(CCOc1ccc(OC)cc1[N+](=O)[O-])C(N)=O. The van der Waals surface area contributed by atoms with Gasteiger partial charge >= 0.3 is 5.69 Å². The van der Waals surface area contributed by atoms with E-state index in [4.69, 9.17) is 15.2 Å². The molecule has 1 unspecified atom stereocenters. The number of benzene rings is 1. The smallest absolute Gasteiger partial charge is 0.314 e. The number of nitrogens with one attached hydrogen (secondary N) is 1. The van der Waals surface area contributed by atoms with Gasteiger partial charge in [-0.25, -0.2) is 0 Å². The molecule has 0 aliphatic heterocycles. The van der Waals surface area contributed by atoms with Crippen molar-refractivity contribution in [2.75, 3.05) is 20.8 Å². The van der Waals surface area contributed by atoms with Crippen molar-refractivity contribution in [1.82, 2.24) is 5.32 Å². The molecule has 0 heterocycles. The maximum atomic E-state index is 11.0. The molecular weight excluding hydrogens is 266 g/mol. The highest BCUT2D eigenvalue weighted by atomic mass is 16.6. The molecule has 8 nitrogen and oxygen atoms in total. The number of nitrogens with two attached hydrogens (primary N) is 1. The van der Waals surface area contributed by atoms with E-state index in [0.29, 0.717) is 12.2 Å². The van der Waals surface area contributed by atoms with Crippen molar-refractivity contribution in [3.8, 4) is 11.5 Å². The Hall–Kier alpha value is -2.35. The van der Waals surface area contributed by atoms with E-state index in [-0.39, 0.29) is 18.0 Å². The van der Waals surface area contributed by atoms with Crippen LogP contribution in [0.4, 0.5) is 5.69 Å². The molecule has 1 aromatic rings. The molecule has 1 rings (SSSR count). The van der Waals surface area contributed by atoms with Gasteiger partial charge < -0.3 is 20.5 Å². The second kappa shape index (κ2) is 7.29. The maximum Gasteiger partial charge on any atom is 0.314 e. The summed E-state index contributed by atoms with van der Waals surface area (Å²) in [6.45, 7) is 0.127. The van der Waals surface area contributed by atoms with Crippen molar-refractivity contribution in [1.29, 1.82) is 0 Å². The molecule has 0 saturated heterocycles. The number of likely N-dealkylation sites (N-methyl/N-ethyl adjacent to an activating group) is 1. The third kappa shape index (κ3) is 4.09. The second-order valence-electron chi connectivity index (χ2n) is 3.97. The zero-order chi connectivity index (χ0) is 15.1. The van der Waals surface area contributed by atoms with Crippen LogP contribution in [0, 0.1) is 10.1 Å². The zero-order valence-electron chi connectivity index (χ0n) is 11.3. The molecule has 1 atom stereocenters. The third-order valence-corrected chi connectivity index (χ3v) is 2.72. The molecule has 1 amide bonds. The van der Waals surface area contributed by atoms with Crippen LogP contribution in [-0.4, -0.2) is 37.6 Å². The number of hydrogen-bond donors (Lipinski definition) is 2. The topological polar surface area (TPSA) is 117 Å². The number of carbonyl (C=O) groups excluding carboxylic acids is 1. The molecule has 0 fully saturated rings. The van der Waals surface area contributed by atoms with E-state index in [1.807, 2.05) is 0 Å². The van der Waals surface area contributed by atoms with Gasteiger partial charge in [-0.15, -0.1) is 0 Å². The molecule has 3 N–H and O–H groups in total. The summed E-state index contributed by atoms with van der Waals surface area (Å²) in [5.41, 5.74) is 4.97. The van der Waals surface area contributed by atoms with Crippen molar-refractivity contribution in [2.24, 2.45) is 5.73 Å². The number of nitrogens with zero attached hydrogens (tertiary/aromatic N) is 1. The largest absolute Gasteiger partial charge is 0.496 e. The fraction of sp³-hybridized carbons (Fsp3) is 0.417. The molecule has 0 spiro atoms. The third-order valence-electron chi connectivity index (χ3n) is 2.72. The predicted molar refractivity (Wildman–Crippen MR) is 71.8 cm³/mol. The second-order valence-corrected chi connectivity index (χ2v) is 3.97. The lowest BCUT2D eigenvalue weighted by Crippen LogP contribution is -2.40. The molecule has 1 aromatic carbocycles. The lowest BCUT2D eigenvalue weighted by atomic mass is 10.2. The molecule has 8 heteroatoms. The molecule has 0 radical (unpaired) electrons. The highest BCUT2D eigenvalue weighted by molar-refractivity contribution is 5.79. The van der Waals surface area contributed by atoms with Gasteiger partial charge in [-0.3, -0.25) is 14.9 Å². The summed E-state index contributed by atoms with van der Waals surface area (Å²) >= 11 is 0. The van der Waals surface area contributed by atoms with Crippen LogP contribution in [0.1, 0.15) is 6.42 Å². The quantitative estimate of drug-likeness (QED) is 0.528. The molecule has 0 bridgehead atoms. The first kappa shape index (κ1) is 15.7. The Bertz CT molecular complexity index is 492. The van der Waals surface area contributed by atoms with Gasteiger partial charge in [-0.1, -0.05) is 0 Å². The minimum atomic E-state index is -0.554. The lowest BCUT2D eigenvalue weighted by Gasteiger charge is -2.13. The first-order chi connectivity index (χ1) is 9.49. The Kier molecular flexibility index (Phi) is 5.73. The van der Waals surface area contributed by atoms with Gasteiger partial charge in [0.15, 0.2) is 5.75 Å². The van der Waals surface area contributed by atoms with Crippen molar-refractivity contribution < 1.29 is 19.2 Å². The summed E-state index contributed by atoms with van der Waals surface area (Å²) in [7, 11) is 3.02. The number of methoxy groups -OCH3 is 1. The van der Waals surface area contributed by atoms with Crippen LogP contribution in [0.5, 0.6) is 11.5 Å². The van der Waals surface area contributed by atoms with E-state index in [9.17, 15) is 14.9 Å². The average molecular weight is 283 g/mol. The number of ether oxygens (including phenoxy) is 2. The number of rotatable bonds is 8. The Balaban J connectivity index is 2.72. The van der Waals surface area contributed by atoms with E-state index in [0.717, 1.165) is 0 Å². The first-order valence-electron chi connectivity index (χ1n) is 5.91. The maximum absolute atomic E-state index is 11.0. The Labute approximate surface area is 116 Å². The highest BCUT2D eigenvalue weighted by Crippen LogP contribution is 2.31. The van der Waals surface area contributed by atoms with Crippen LogP contribution in [0.2, 0.25) is 0 Å². The molecule has 110 valence electrons. The van der Waals surface area contributed by atoms with Gasteiger partial charge in [0, 0.05) is 6.42 Å². The number of hydrogen-bond acceptors (Lipinski definition) is 6. The summed E-state index contributed by atoms with van der Waals surface area (Å²) in [6.07, 6.45) is 0.315. The Morgan fingerprint density at radius 3 is 2.75 bits per heavy atom. The number of amides is 1. The van der Waals surface area contributed by atoms with Gasteiger partial charge in [-0.2, -0.15) is 0 Å². The van der Waals surface area contributed by atoms with Crippen molar-refractivity contribution in [3.63, 3.8) is 0 Å². The van der Waals surface area contributed by atoms with Crippen LogP contribution in [0.25, 0.3) is 0 Å². The Morgan fingerprint density at radius 1 is 1.55 bits per heavy atom. The van der Waals surface area contributed by atoms with Crippen LogP contribution < -0.4 is 20.5 Å². The molecule has 0 aliphatic rings. The Morgan fingerprint density at radius 2 is 2.25 bits per heavy atom. The molecule has 0 aromatic heterocycles. The summed E-state index contributed by atoms with van der Waals surface area (Å²) in [4.78, 5) is 21.4. The minimum absolute atomic E-state index is 0.120. The molecular formula is C12H17N3O5. The number of nitro benzene ring substituents is 1. The first-order valence-corrected chi connectivity index (χ1v) is 5.91. The van der Waals surface area contributed by atoms with Gasteiger partial charge in [0.1, 0.15) is 5.75 Å². The van der Waals surface area contributed by atoms with Crippen LogP contribution >= 0.6 is 0 Å². The van der Waals surface area contributed by atoms with E-state index in [1.54, 1.807) is 13.1 Å². The lowest BCUT2D eigenvalue weighted by molar-refractivity contribution is -0.385. The zero-order valence-corrected chi connectivity index (χ0v) is 11.3. The van der Waals surface area contributed by atoms with Crippen molar-refractivity contribution >= 4 is 11.6 Å².